The van der Waals surface area contributed by atoms with E-state index in [0.717, 1.165) is 12.8 Å². The average Bonchev–Trinajstić information content (AvgIpc) is 2.80. The van der Waals surface area contributed by atoms with E-state index in [0.29, 0.717) is 22.6 Å². The van der Waals surface area contributed by atoms with Crippen molar-refractivity contribution in [2.45, 2.75) is 38.5 Å². The monoisotopic (exact) mass is 481 g/mol. The number of anilines is 3. The molecule has 3 N–H and O–H groups in total. The summed E-state index contributed by atoms with van der Waals surface area (Å²) in [5, 5.41) is 5.58. The molecule has 0 spiro atoms. The van der Waals surface area contributed by atoms with Gasteiger partial charge in [-0.1, -0.05) is 13.8 Å². The third-order valence-electron chi connectivity index (χ3n) is 5.21. The van der Waals surface area contributed by atoms with Crippen LogP contribution < -0.4 is 15.4 Å². The van der Waals surface area contributed by atoms with Gasteiger partial charge in [0.15, 0.2) is 0 Å². The summed E-state index contributed by atoms with van der Waals surface area (Å²) >= 11 is 0. The second kappa shape index (κ2) is 10.9. The molecular weight excluding hydrogens is 454 g/mol. The Morgan fingerprint density at radius 3 is 2.06 bits per heavy atom. The maximum atomic E-state index is 12.6. The molecule has 0 saturated carbocycles. The van der Waals surface area contributed by atoms with E-state index in [2.05, 4.69) is 25.3 Å². The quantitative estimate of drug-likeness (QED) is 0.420. The minimum atomic E-state index is -3.87. The molecule has 2 amide bonds. The lowest BCUT2D eigenvalue weighted by molar-refractivity contribution is -0.120. The highest BCUT2D eigenvalue weighted by molar-refractivity contribution is 7.92. The van der Waals surface area contributed by atoms with Crippen LogP contribution in [0.5, 0.6) is 0 Å². The fourth-order valence-electron chi connectivity index (χ4n) is 3.21. The van der Waals surface area contributed by atoms with Gasteiger partial charge in [0.25, 0.3) is 15.9 Å². The number of nitrogens with one attached hydrogen (secondary N) is 3. The SMILES string of the molecule is CCC(CC)C(=O)Nc1ccc(C(=O)Nc2ccc(S(=O)(=O)Nc3nccc(C)n3)cc2)cc1. The fraction of sp³-hybridized carbons (Fsp3) is 0.250. The number of carbonyl (C=O) groups excluding carboxylic acids is 2. The molecule has 0 radical (unpaired) electrons. The molecule has 0 aliphatic rings. The van der Waals surface area contributed by atoms with E-state index in [1.54, 1.807) is 37.3 Å². The molecule has 0 saturated heterocycles. The number of hydrogen-bond donors (Lipinski definition) is 3. The van der Waals surface area contributed by atoms with Crippen LogP contribution in [-0.2, 0) is 14.8 Å². The van der Waals surface area contributed by atoms with Gasteiger partial charge in [0.05, 0.1) is 4.90 Å². The number of nitrogens with zero attached hydrogens (tertiary/aromatic N) is 2. The van der Waals surface area contributed by atoms with Gasteiger partial charge in [0, 0.05) is 34.7 Å². The van der Waals surface area contributed by atoms with Crippen LogP contribution in [0, 0.1) is 12.8 Å². The van der Waals surface area contributed by atoms with Gasteiger partial charge in [-0.3, -0.25) is 9.59 Å². The van der Waals surface area contributed by atoms with E-state index < -0.39 is 10.0 Å². The maximum Gasteiger partial charge on any atom is 0.264 e. The summed E-state index contributed by atoms with van der Waals surface area (Å²) in [4.78, 5) is 32.7. The summed E-state index contributed by atoms with van der Waals surface area (Å²) in [5.41, 5.74) is 2.08. The topological polar surface area (TPSA) is 130 Å². The zero-order valence-electron chi connectivity index (χ0n) is 19.2. The summed E-state index contributed by atoms with van der Waals surface area (Å²) in [6.45, 7) is 5.67. The molecular formula is C24H27N5O4S. The lowest BCUT2D eigenvalue weighted by Crippen LogP contribution is -2.21. The Balaban J connectivity index is 1.62. The Bertz CT molecular complexity index is 1260. The van der Waals surface area contributed by atoms with Gasteiger partial charge >= 0.3 is 0 Å². The first-order chi connectivity index (χ1) is 16.2. The average molecular weight is 482 g/mol. The molecule has 1 aromatic heterocycles. The van der Waals surface area contributed by atoms with Crippen LogP contribution in [0.15, 0.2) is 65.7 Å². The van der Waals surface area contributed by atoms with Gasteiger partial charge < -0.3 is 10.6 Å². The maximum absolute atomic E-state index is 12.6. The number of amides is 2. The number of sulfonamides is 1. The molecule has 1 heterocycles. The van der Waals surface area contributed by atoms with E-state index in [-0.39, 0.29) is 28.6 Å². The van der Waals surface area contributed by atoms with E-state index >= 15 is 0 Å². The molecule has 0 aliphatic carbocycles. The van der Waals surface area contributed by atoms with Gasteiger partial charge in [-0.05, 0) is 74.4 Å². The van der Waals surface area contributed by atoms with Crippen molar-refractivity contribution in [3.63, 3.8) is 0 Å². The Morgan fingerprint density at radius 2 is 1.47 bits per heavy atom. The zero-order chi connectivity index (χ0) is 24.7. The Kier molecular flexibility index (Phi) is 7.95. The molecule has 34 heavy (non-hydrogen) atoms. The van der Waals surface area contributed by atoms with Crippen molar-refractivity contribution >= 4 is 39.2 Å². The van der Waals surface area contributed by atoms with Crippen LogP contribution in [0.3, 0.4) is 0 Å². The summed E-state index contributed by atoms with van der Waals surface area (Å²) < 4.78 is 27.4. The molecule has 0 unspecified atom stereocenters. The predicted octanol–water partition coefficient (Wildman–Crippen LogP) is 4.21. The van der Waals surface area contributed by atoms with Gasteiger partial charge in [0.1, 0.15) is 0 Å². The smallest absolute Gasteiger partial charge is 0.264 e. The second-order valence-corrected chi connectivity index (χ2v) is 9.37. The second-order valence-electron chi connectivity index (χ2n) is 7.69. The fourth-order valence-corrected chi connectivity index (χ4v) is 4.16. The summed E-state index contributed by atoms with van der Waals surface area (Å²) in [6, 6.07) is 14.0. The van der Waals surface area contributed by atoms with Gasteiger partial charge in [-0.2, -0.15) is 0 Å². The van der Waals surface area contributed by atoms with E-state index in [1.165, 1.54) is 30.5 Å². The summed E-state index contributed by atoms with van der Waals surface area (Å²) in [5.74, 6) is -0.466. The van der Waals surface area contributed by atoms with Crippen LogP contribution in [0.1, 0.15) is 42.7 Å². The van der Waals surface area contributed by atoms with Gasteiger partial charge in [-0.15, -0.1) is 0 Å². The first kappa shape index (κ1) is 24.8. The van der Waals surface area contributed by atoms with Crippen molar-refractivity contribution < 1.29 is 18.0 Å². The Labute approximate surface area is 199 Å². The molecule has 178 valence electrons. The molecule has 3 rings (SSSR count). The molecule has 3 aromatic rings. The molecule has 0 aliphatic heterocycles. The normalized spacial score (nSPS) is 11.2. The molecule has 0 fully saturated rings. The van der Waals surface area contributed by atoms with Gasteiger partial charge in [0.2, 0.25) is 11.9 Å². The standard InChI is InChI=1S/C24H27N5O4S/c1-4-17(5-2)22(30)27-19-8-6-18(7-9-19)23(31)28-20-10-12-21(13-11-20)34(32,33)29-24-25-15-14-16(3)26-24/h6-15,17H,4-5H2,1-3H3,(H,27,30)(H,28,31)(H,25,26,29). The highest BCUT2D eigenvalue weighted by Gasteiger charge is 2.17. The number of hydrogen-bond acceptors (Lipinski definition) is 6. The first-order valence-corrected chi connectivity index (χ1v) is 12.3. The lowest BCUT2D eigenvalue weighted by Gasteiger charge is -2.13. The Morgan fingerprint density at radius 1 is 0.882 bits per heavy atom. The van der Waals surface area contributed by atoms with Crippen molar-refractivity contribution in [3.8, 4) is 0 Å². The van der Waals surface area contributed by atoms with Crippen molar-refractivity contribution in [2.24, 2.45) is 5.92 Å². The molecule has 0 bridgehead atoms. The van der Waals surface area contributed by atoms with Crippen molar-refractivity contribution in [2.75, 3.05) is 15.4 Å². The third-order valence-corrected chi connectivity index (χ3v) is 6.56. The van der Waals surface area contributed by atoms with E-state index in [4.69, 9.17) is 0 Å². The Hall–Kier alpha value is -3.79. The van der Waals surface area contributed by atoms with Crippen molar-refractivity contribution in [1.29, 1.82) is 0 Å². The highest BCUT2D eigenvalue weighted by Crippen LogP contribution is 2.18. The highest BCUT2D eigenvalue weighted by atomic mass is 32.2. The number of aryl methyl sites for hydroxylation is 1. The molecule has 9 nitrogen and oxygen atoms in total. The van der Waals surface area contributed by atoms with E-state index in [1.807, 2.05) is 13.8 Å². The van der Waals surface area contributed by atoms with Crippen LogP contribution in [0.25, 0.3) is 0 Å². The third kappa shape index (κ3) is 6.38. The van der Waals surface area contributed by atoms with Gasteiger partial charge in [-0.25, -0.2) is 23.1 Å². The minimum absolute atomic E-state index is 0.00756. The zero-order valence-corrected chi connectivity index (χ0v) is 20.0. The summed E-state index contributed by atoms with van der Waals surface area (Å²) in [6.07, 6.45) is 2.99. The molecule has 10 heteroatoms. The number of benzene rings is 2. The molecule has 2 aromatic carbocycles. The molecule has 0 atom stereocenters. The largest absolute Gasteiger partial charge is 0.326 e. The van der Waals surface area contributed by atoms with E-state index in [9.17, 15) is 18.0 Å². The summed E-state index contributed by atoms with van der Waals surface area (Å²) in [7, 11) is -3.87. The van der Waals surface area contributed by atoms with Crippen molar-refractivity contribution in [3.05, 3.63) is 72.1 Å². The van der Waals surface area contributed by atoms with Crippen LogP contribution in [-0.4, -0.2) is 30.2 Å². The number of aromatic nitrogens is 2. The van der Waals surface area contributed by atoms with Crippen LogP contribution >= 0.6 is 0 Å². The number of rotatable bonds is 9. The predicted molar refractivity (Wildman–Crippen MR) is 131 cm³/mol. The number of carbonyl (C=O) groups is 2. The minimum Gasteiger partial charge on any atom is -0.326 e. The first-order valence-electron chi connectivity index (χ1n) is 10.9. The van der Waals surface area contributed by atoms with Crippen molar-refractivity contribution in [1.82, 2.24) is 9.97 Å². The van der Waals surface area contributed by atoms with Crippen LogP contribution in [0.2, 0.25) is 0 Å². The van der Waals surface area contributed by atoms with Crippen LogP contribution in [0.4, 0.5) is 17.3 Å². The lowest BCUT2D eigenvalue weighted by atomic mass is 10.0.